The Morgan fingerprint density at radius 1 is 0.733 bits per heavy atom. The zero-order chi connectivity index (χ0) is 11.3. The van der Waals surface area contributed by atoms with Crippen LogP contribution < -0.4 is 0 Å². The summed E-state index contributed by atoms with van der Waals surface area (Å²) in [6.45, 7) is 0. The molecule has 6 nitrogen and oxygen atoms in total. The van der Waals surface area contributed by atoms with Gasteiger partial charge in [-0.3, -0.25) is 0 Å². The fourth-order valence-corrected chi connectivity index (χ4v) is 1.57. The second kappa shape index (κ2) is 2.57. The molecule has 0 aliphatic heterocycles. The molecule has 0 amide bonds. The molecule has 6 heteroatoms. The summed E-state index contributed by atoms with van der Waals surface area (Å²) in [5, 5.41) is 26.2. The summed E-state index contributed by atoms with van der Waals surface area (Å²) in [4.78, 5) is 32.2. The van der Waals surface area contributed by atoms with Gasteiger partial charge in [-0.25, -0.2) is 14.4 Å². The first kappa shape index (κ1) is 9.20. The molecule has 0 heterocycles. The summed E-state index contributed by atoms with van der Waals surface area (Å²) >= 11 is 0. The summed E-state index contributed by atoms with van der Waals surface area (Å²) in [7, 11) is 0. The van der Waals surface area contributed by atoms with Crippen LogP contribution in [0.15, 0.2) is 6.07 Å². The smallest absolute Gasteiger partial charge is 0.337 e. The van der Waals surface area contributed by atoms with Gasteiger partial charge in [-0.15, -0.1) is 0 Å². The van der Waals surface area contributed by atoms with E-state index in [1.165, 1.54) is 6.07 Å². The molecule has 0 unspecified atom stereocenters. The summed E-state index contributed by atoms with van der Waals surface area (Å²) in [5.74, 6) is -4.39. The molecule has 2 rings (SSSR count). The van der Waals surface area contributed by atoms with E-state index in [1.54, 1.807) is 0 Å². The molecular weight excluding hydrogens is 204 g/mol. The number of carbonyl (C=O) groups is 3. The maximum absolute atomic E-state index is 10.8. The highest BCUT2D eigenvalue weighted by Gasteiger charge is 2.38. The van der Waals surface area contributed by atoms with Crippen molar-refractivity contribution in [3.05, 3.63) is 22.8 Å². The van der Waals surface area contributed by atoms with Crippen molar-refractivity contribution >= 4 is 17.9 Å². The highest BCUT2D eigenvalue weighted by Crippen LogP contribution is 2.45. The van der Waals surface area contributed by atoms with Gasteiger partial charge in [-0.2, -0.15) is 0 Å². The minimum atomic E-state index is -1.54. The Hall–Kier alpha value is -2.37. The van der Waals surface area contributed by atoms with Gasteiger partial charge in [-0.05, 0) is 17.2 Å². The van der Waals surface area contributed by atoms with Crippen LogP contribution in [0.1, 0.15) is 31.1 Å². The molecule has 0 aromatic rings. The van der Waals surface area contributed by atoms with Crippen LogP contribution in [0.25, 0.3) is 11.1 Å². The first-order valence-corrected chi connectivity index (χ1v) is 3.86. The number of rotatable bonds is 3. The predicted octanol–water partition coefficient (Wildman–Crippen LogP) is 0.762. The second-order valence-electron chi connectivity index (χ2n) is 3.01. The van der Waals surface area contributed by atoms with Crippen LogP contribution in [0.3, 0.4) is 0 Å². The van der Waals surface area contributed by atoms with Crippen LogP contribution in [0.4, 0.5) is 0 Å². The summed E-state index contributed by atoms with van der Waals surface area (Å²) < 4.78 is 0. The van der Waals surface area contributed by atoms with E-state index in [0.29, 0.717) is 0 Å². The Labute approximate surface area is 82.4 Å². The largest absolute Gasteiger partial charge is 0.478 e. The van der Waals surface area contributed by atoms with Crippen LogP contribution in [0.5, 0.6) is 0 Å². The van der Waals surface area contributed by atoms with E-state index in [-0.39, 0.29) is 11.1 Å². The van der Waals surface area contributed by atoms with Crippen molar-refractivity contribution in [3.63, 3.8) is 0 Å². The van der Waals surface area contributed by atoms with Crippen molar-refractivity contribution in [1.29, 1.82) is 0 Å². The lowest BCUT2D eigenvalue weighted by Gasteiger charge is -1.97. The van der Waals surface area contributed by atoms with Gasteiger partial charge in [0.2, 0.25) is 0 Å². The zero-order valence-corrected chi connectivity index (χ0v) is 7.14. The van der Waals surface area contributed by atoms with Gasteiger partial charge in [0.25, 0.3) is 0 Å². The molecule has 2 aliphatic carbocycles. The molecule has 0 fully saturated rings. The summed E-state index contributed by atoms with van der Waals surface area (Å²) in [6.07, 6.45) is 0. The molecule has 0 saturated carbocycles. The molecule has 0 saturated heterocycles. The first-order chi connectivity index (χ1) is 6.95. The average molecular weight is 208 g/mol. The van der Waals surface area contributed by atoms with Crippen molar-refractivity contribution in [2.45, 2.75) is 0 Å². The highest BCUT2D eigenvalue weighted by atomic mass is 16.4. The number of hydrogen-bond acceptors (Lipinski definition) is 3. The van der Waals surface area contributed by atoms with Crippen molar-refractivity contribution < 1.29 is 29.7 Å². The van der Waals surface area contributed by atoms with Crippen molar-refractivity contribution in [3.8, 4) is 11.1 Å². The van der Waals surface area contributed by atoms with E-state index in [2.05, 4.69) is 0 Å². The van der Waals surface area contributed by atoms with Gasteiger partial charge >= 0.3 is 17.9 Å². The molecule has 0 bridgehead atoms. The van der Waals surface area contributed by atoms with E-state index in [0.717, 1.165) is 0 Å². The van der Waals surface area contributed by atoms with Gasteiger partial charge in [0.05, 0.1) is 16.7 Å². The Kier molecular flexibility index (Phi) is 1.57. The predicted molar refractivity (Wildman–Crippen MR) is 46.3 cm³/mol. The first-order valence-electron chi connectivity index (χ1n) is 3.86. The zero-order valence-electron chi connectivity index (χ0n) is 7.14. The minimum absolute atomic E-state index is 0.206. The molecule has 2 aliphatic rings. The van der Waals surface area contributed by atoms with Gasteiger partial charge in [0.1, 0.15) is 0 Å². The third-order valence-electron chi connectivity index (χ3n) is 2.18. The highest BCUT2D eigenvalue weighted by molar-refractivity contribution is 6.21. The minimum Gasteiger partial charge on any atom is -0.478 e. The van der Waals surface area contributed by atoms with Crippen LogP contribution in [0.2, 0.25) is 0 Å². The molecule has 0 atom stereocenters. The van der Waals surface area contributed by atoms with Gasteiger partial charge in [0, 0.05) is 0 Å². The topological polar surface area (TPSA) is 112 Å². The fourth-order valence-electron chi connectivity index (χ4n) is 1.57. The molecule has 76 valence electrons. The lowest BCUT2D eigenvalue weighted by Crippen LogP contribution is -2.10. The number of carboxylic acids is 3. The summed E-state index contributed by atoms with van der Waals surface area (Å²) in [5.41, 5.74) is -1.10. The Bertz CT molecular complexity index is 490. The lowest BCUT2D eigenvalue weighted by atomic mass is 10.1. The van der Waals surface area contributed by atoms with Crippen molar-refractivity contribution in [1.82, 2.24) is 0 Å². The van der Waals surface area contributed by atoms with E-state index in [4.69, 9.17) is 15.3 Å². The van der Waals surface area contributed by atoms with E-state index < -0.39 is 34.6 Å². The normalized spacial score (nSPS) is 10.9. The van der Waals surface area contributed by atoms with E-state index in [9.17, 15) is 14.4 Å². The van der Waals surface area contributed by atoms with E-state index in [1.807, 2.05) is 0 Å². The Morgan fingerprint density at radius 2 is 1.07 bits per heavy atom. The van der Waals surface area contributed by atoms with Crippen LogP contribution in [-0.2, 0) is 0 Å². The molecule has 0 aromatic heterocycles. The monoisotopic (exact) mass is 208 g/mol. The average Bonchev–Trinajstić information content (AvgIpc) is 2.77. The Balaban J connectivity index is 2.74. The maximum atomic E-state index is 10.8. The van der Waals surface area contributed by atoms with Crippen molar-refractivity contribution in [2.24, 2.45) is 0 Å². The molecule has 0 aromatic carbocycles. The quantitative estimate of drug-likeness (QED) is 0.686. The fraction of sp³-hybridized carbons (Fsp3) is 0. The number of fused-ring (bicyclic) bond motifs is 1. The van der Waals surface area contributed by atoms with Gasteiger partial charge in [0.15, 0.2) is 0 Å². The van der Waals surface area contributed by atoms with Crippen LogP contribution in [-0.4, -0.2) is 33.2 Å². The molecule has 3 N–H and O–H groups in total. The number of carboxylic acid groups (broad SMARTS) is 3. The molecular formula is C9H4O6. The number of aromatic carboxylic acids is 3. The third kappa shape index (κ3) is 1.08. The SMILES string of the molecule is O=C(O)c1c2cc-2c(C(=O)O)c1C(=O)O. The molecule has 0 spiro atoms. The molecule has 15 heavy (non-hydrogen) atoms. The van der Waals surface area contributed by atoms with Gasteiger partial charge < -0.3 is 15.3 Å². The number of benzene rings is 1. The van der Waals surface area contributed by atoms with Crippen LogP contribution in [0, 0.1) is 0 Å². The van der Waals surface area contributed by atoms with E-state index >= 15 is 0 Å². The molecule has 0 radical (unpaired) electrons. The van der Waals surface area contributed by atoms with Gasteiger partial charge in [-0.1, -0.05) is 0 Å². The van der Waals surface area contributed by atoms with Crippen molar-refractivity contribution in [2.75, 3.05) is 0 Å². The second-order valence-corrected chi connectivity index (χ2v) is 3.01. The standard InChI is InChI=1S/C9H4O6/c10-7(11)4-2-1-3(2)5(8(12)13)6(4)9(14)15/h1H,(H,10,11)(H,12,13)(H,14,15). The summed E-state index contributed by atoms with van der Waals surface area (Å²) in [6, 6.07) is 1.35. The Morgan fingerprint density at radius 3 is 1.33 bits per heavy atom. The van der Waals surface area contributed by atoms with Crippen LogP contribution >= 0.6 is 0 Å². The number of hydrogen-bond donors (Lipinski definition) is 3. The lowest BCUT2D eigenvalue weighted by molar-refractivity contribution is 0.0637. The third-order valence-corrected chi connectivity index (χ3v) is 2.18. The maximum Gasteiger partial charge on any atom is 0.337 e.